The van der Waals surface area contributed by atoms with Crippen molar-refractivity contribution < 1.29 is 0 Å². The zero-order chi connectivity index (χ0) is 54.7. The number of halogens is 2. The lowest BCUT2D eigenvalue weighted by Crippen LogP contribution is -1.98. The molecular formula is C76H54Br2N4. The van der Waals surface area contributed by atoms with E-state index in [1.165, 1.54) is 133 Å². The van der Waals surface area contributed by atoms with Crippen molar-refractivity contribution in [1.29, 1.82) is 0 Å². The van der Waals surface area contributed by atoms with Gasteiger partial charge >= 0.3 is 0 Å². The Bertz CT molecular complexity index is 4190. The quantitative estimate of drug-likeness (QED) is 0.144. The molecule has 0 atom stereocenters. The van der Waals surface area contributed by atoms with Crippen molar-refractivity contribution in [2.24, 2.45) is 0 Å². The largest absolute Gasteiger partial charge is 0.342 e. The van der Waals surface area contributed by atoms with E-state index >= 15 is 0 Å². The Balaban J connectivity index is 0.788. The molecule has 6 heteroatoms. The molecule has 0 spiro atoms. The normalized spacial score (nSPS) is 12.7. The van der Waals surface area contributed by atoms with E-state index in [-0.39, 0.29) is 0 Å². The molecule has 82 heavy (non-hydrogen) atoms. The lowest BCUT2D eigenvalue weighted by atomic mass is 9.98. The predicted octanol–water partition coefficient (Wildman–Crippen LogP) is 20.5. The Labute approximate surface area is 494 Å². The summed E-state index contributed by atoms with van der Waals surface area (Å²) in [5, 5.41) is 4.96. The molecule has 4 aromatic heterocycles. The first-order valence-corrected chi connectivity index (χ1v) is 29.6. The van der Waals surface area contributed by atoms with Crippen LogP contribution in [-0.4, -0.2) is 18.3 Å². The molecule has 0 unspecified atom stereocenters. The molecule has 20 bridgehead atoms. The summed E-state index contributed by atoms with van der Waals surface area (Å²) < 4.78 is 11.7. The molecule has 0 radical (unpaired) electrons. The SMILES string of the molecule is Brc1cc2cc(c1)-c1ccc(cc1)Cn1cc(c3ccccc31)C=Cc1cn(c3ccccc13)Cc1ccc(cc1)-c1cc(Br)cc(c1)-c1ccc(cc1)Cn1cc(c3ccccc31)C=Cc1cn(c3ccccc13)Cc1ccc-2cc1. The van der Waals surface area contributed by atoms with Crippen LogP contribution in [0.2, 0.25) is 0 Å². The summed E-state index contributed by atoms with van der Waals surface area (Å²) >= 11 is 7.75. The van der Waals surface area contributed by atoms with Crippen LogP contribution < -0.4 is 0 Å². The number of hydrogen-bond donors (Lipinski definition) is 0. The first-order chi connectivity index (χ1) is 40.3. The molecule has 10 aromatic carbocycles. The first-order valence-electron chi connectivity index (χ1n) is 28.0. The fourth-order valence-electron chi connectivity index (χ4n) is 12.4. The first kappa shape index (κ1) is 49.8. The fraction of sp³-hybridized carbons (Fsp3) is 0.0526. The molecule has 0 N–H and O–H groups in total. The van der Waals surface area contributed by atoms with Crippen LogP contribution in [0.15, 0.2) is 264 Å². The second-order valence-corrected chi connectivity index (χ2v) is 23.7. The topological polar surface area (TPSA) is 19.7 Å². The second-order valence-electron chi connectivity index (χ2n) is 21.8. The molecule has 14 aromatic rings. The molecule has 7 aliphatic heterocycles. The van der Waals surface area contributed by atoms with Crippen molar-refractivity contribution in [3.63, 3.8) is 0 Å². The van der Waals surface area contributed by atoms with Crippen molar-refractivity contribution in [1.82, 2.24) is 18.3 Å². The zero-order valence-corrected chi connectivity index (χ0v) is 48.1. The highest BCUT2D eigenvalue weighted by atomic mass is 79.9. The third kappa shape index (κ3) is 9.68. The van der Waals surface area contributed by atoms with Gasteiger partial charge in [-0.05, 0) is 127 Å². The lowest BCUT2D eigenvalue weighted by Gasteiger charge is -2.11. The Morgan fingerprint density at radius 1 is 0.232 bits per heavy atom. The maximum Gasteiger partial charge on any atom is 0.0489 e. The number of fused-ring (bicyclic) bond motifs is 4. The summed E-state index contributed by atoms with van der Waals surface area (Å²) in [4.78, 5) is 0. The van der Waals surface area contributed by atoms with Crippen LogP contribution in [0.25, 0.3) is 112 Å². The molecule has 0 saturated heterocycles. The standard InChI is InChI=1S/C76H54Br2N4/c77-67-39-63-37-64(40-67)57-29-21-53(22-30-57)45-81-49-61(71-11-3-7-15-75(71)81)35-36-62-50-82(76-16-8-4-12-72(62)76)46-54-23-31-58(32-24-54)66-38-65(41-68(78)42-66)56-27-19-52(20-28-56)44-80-48-60(70-10-2-6-14-74(70)80)34-33-59-47-79(73-13-5-1-9-69(59)73)43-51-17-25-55(63)26-18-51/h1-42,47-50H,43-46H2. The summed E-state index contributed by atoms with van der Waals surface area (Å²) in [6, 6.07) is 84.9. The van der Waals surface area contributed by atoms with E-state index in [1.54, 1.807) is 0 Å². The van der Waals surface area contributed by atoms with Gasteiger partial charge in [0.2, 0.25) is 0 Å². The van der Waals surface area contributed by atoms with E-state index in [1.807, 2.05) is 0 Å². The van der Waals surface area contributed by atoms with Crippen molar-refractivity contribution in [3.05, 3.63) is 309 Å². The van der Waals surface area contributed by atoms with Gasteiger partial charge in [-0.2, -0.15) is 0 Å². The Kier molecular flexibility index (Phi) is 12.8. The van der Waals surface area contributed by atoms with Crippen LogP contribution in [0.3, 0.4) is 0 Å². The molecule has 0 aliphatic carbocycles. The highest BCUT2D eigenvalue weighted by molar-refractivity contribution is 9.10. The minimum Gasteiger partial charge on any atom is -0.342 e. The fourth-order valence-corrected chi connectivity index (χ4v) is 13.3. The summed E-state index contributed by atoms with van der Waals surface area (Å²) in [7, 11) is 0. The number of para-hydroxylation sites is 4. The Morgan fingerprint density at radius 2 is 0.451 bits per heavy atom. The van der Waals surface area contributed by atoms with Crippen LogP contribution in [0.4, 0.5) is 0 Å². The smallest absolute Gasteiger partial charge is 0.0489 e. The van der Waals surface area contributed by atoms with Crippen LogP contribution in [0.1, 0.15) is 44.5 Å². The van der Waals surface area contributed by atoms with Crippen LogP contribution in [0, 0.1) is 0 Å². The van der Waals surface area contributed by atoms with Gasteiger partial charge in [0.1, 0.15) is 0 Å². The zero-order valence-electron chi connectivity index (χ0n) is 44.9. The maximum absolute atomic E-state index is 3.87. The summed E-state index contributed by atoms with van der Waals surface area (Å²) in [6.07, 6.45) is 18.4. The van der Waals surface area contributed by atoms with Gasteiger partial charge in [0.05, 0.1) is 0 Å². The summed E-state index contributed by atoms with van der Waals surface area (Å²) in [5.41, 5.74) is 24.1. The number of hydrogen-bond acceptors (Lipinski definition) is 0. The molecule has 21 rings (SSSR count). The van der Waals surface area contributed by atoms with Crippen molar-refractivity contribution in [2.75, 3.05) is 0 Å². The van der Waals surface area contributed by atoms with E-state index < -0.39 is 0 Å². The number of rotatable bonds is 0. The molecule has 11 heterocycles. The minimum absolute atomic E-state index is 0.766. The van der Waals surface area contributed by atoms with Gasteiger partial charge < -0.3 is 18.3 Å². The third-order valence-electron chi connectivity index (χ3n) is 16.5. The van der Waals surface area contributed by atoms with E-state index in [4.69, 9.17) is 0 Å². The van der Waals surface area contributed by atoms with E-state index in [9.17, 15) is 0 Å². The van der Waals surface area contributed by atoms with Gasteiger partial charge in [0, 0.05) is 126 Å². The van der Waals surface area contributed by atoms with Gasteiger partial charge in [-0.25, -0.2) is 0 Å². The number of benzene rings is 10. The maximum atomic E-state index is 3.87. The lowest BCUT2D eigenvalue weighted by molar-refractivity contribution is 0.836. The molecule has 0 fully saturated rings. The van der Waals surface area contributed by atoms with Gasteiger partial charge in [-0.15, -0.1) is 0 Å². The Morgan fingerprint density at radius 3 is 0.683 bits per heavy atom. The minimum atomic E-state index is 0.766. The molecular weight excluding hydrogens is 1130 g/mol. The van der Waals surface area contributed by atoms with Gasteiger partial charge in [-0.1, -0.05) is 226 Å². The van der Waals surface area contributed by atoms with Crippen LogP contribution in [0.5, 0.6) is 0 Å². The van der Waals surface area contributed by atoms with E-state index in [0.717, 1.165) is 35.1 Å². The van der Waals surface area contributed by atoms with E-state index in [2.05, 4.69) is 330 Å². The van der Waals surface area contributed by atoms with Crippen LogP contribution >= 0.6 is 31.9 Å². The highest BCUT2D eigenvalue weighted by Crippen LogP contribution is 2.36. The van der Waals surface area contributed by atoms with Crippen molar-refractivity contribution >= 4 is 99.8 Å². The predicted molar refractivity (Wildman–Crippen MR) is 352 cm³/mol. The molecule has 392 valence electrons. The third-order valence-corrected chi connectivity index (χ3v) is 17.4. The Hall–Kier alpha value is -9.20. The van der Waals surface area contributed by atoms with Crippen LogP contribution in [-0.2, 0) is 26.2 Å². The molecule has 0 saturated carbocycles. The van der Waals surface area contributed by atoms with Crippen molar-refractivity contribution in [3.8, 4) is 44.5 Å². The molecule has 0 amide bonds. The van der Waals surface area contributed by atoms with Gasteiger partial charge in [0.25, 0.3) is 0 Å². The molecule has 7 aliphatic rings. The van der Waals surface area contributed by atoms with Gasteiger partial charge in [-0.3, -0.25) is 0 Å². The monoisotopic (exact) mass is 1180 g/mol. The summed E-state index contributed by atoms with van der Waals surface area (Å²) in [5.74, 6) is 0. The highest BCUT2D eigenvalue weighted by Gasteiger charge is 2.15. The average molecular weight is 1180 g/mol. The summed E-state index contributed by atoms with van der Waals surface area (Å²) in [6.45, 7) is 3.06. The van der Waals surface area contributed by atoms with E-state index in [0.29, 0.717) is 0 Å². The number of nitrogens with zero attached hydrogens (tertiary/aromatic N) is 4. The van der Waals surface area contributed by atoms with Gasteiger partial charge in [0.15, 0.2) is 0 Å². The second kappa shape index (κ2) is 21.0. The average Bonchev–Trinajstić information content (AvgIpc) is 4.47. The number of aromatic nitrogens is 4. The van der Waals surface area contributed by atoms with Crippen molar-refractivity contribution in [2.45, 2.75) is 26.2 Å². The molecule has 4 nitrogen and oxygen atoms in total.